The van der Waals surface area contributed by atoms with E-state index in [1.165, 1.54) is 38.5 Å². The molecule has 0 aromatic carbocycles. The fourth-order valence-corrected chi connectivity index (χ4v) is 2.93. The number of carbonyl (C=O) groups is 1. The van der Waals surface area contributed by atoms with E-state index in [-0.39, 0.29) is 6.04 Å². The number of rotatable bonds is 1. The minimum Gasteiger partial charge on any atom is -0.338 e. The Morgan fingerprint density at radius 3 is 2.62 bits per heavy atom. The highest BCUT2D eigenvalue weighted by Crippen LogP contribution is 2.24. The minimum atomic E-state index is 0.0160. The van der Waals surface area contributed by atoms with Crippen LogP contribution in [0, 0.1) is 0 Å². The summed E-state index contributed by atoms with van der Waals surface area (Å²) in [6.07, 6.45) is 8.75. The largest absolute Gasteiger partial charge is 0.338 e. The van der Waals surface area contributed by atoms with E-state index >= 15 is 0 Å². The second kappa shape index (κ2) is 5.67. The van der Waals surface area contributed by atoms with Gasteiger partial charge in [-0.2, -0.15) is 0 Å². The van der Waals surface area contributed by atoms with Gasteiger partial charge in [0, 0.05) is 12.6 Å². The van der Waals surface area contributed by atoms with E-state index in [1.54, 1.807) is 0 Å². The Kier molecular flexibility index (Phi) is 4.22. The number of amides is 1. The van der Waals surface area contributed by atoms with Crippen LogP contribution >= 0.6 is 0 Å². The van der Waals surface area contributed by atoms with Crippen LogP contribution in [0.2, 0.25) is 0 Å². The fourth-order valence-electron chi connectivity index (χ4n) is 2.93. The van der Waals surface area contributed by atoms with Crippen molar-refractivity contribution in [1.29, 1.82) is 0 Å². The van der Waals surface area contributed by atoms with Crippen molar-refractivity contribution in [3.8, 4) is 0 Å². The lowest BCUT2D eigenvalue weighted by Gasteiger charge is -2.37. The molecule has 3 heteroatoms. The standard InChI is InChI=1S/C13H24N2O/c1-11-13(16)15(10-6-5-9-14-11)12-7-3-2-4-8-12/h11-12,14H,2-10H2,1H3. The Bertz CT molecular complexity index is 236. The highest BCUT2D eigenvalue weighted by atomic mass is 16.2. The molecule has 1 aliphatic carbocycles. The zero-order valence-corrected chi connectivity index (χ0v) is 10.4. The van der Waals surface area contributed by atoms with Gasteiger partial charge in [0.1, 0.15) is 0 Å². The van der Waals surface area contributed by atoms with Crippen LogP contribution in [0.1, 0.15) is 51.9 Å². The summed E-state index contributed by atoms with van der Waals surface area (Å²) >= 11 is 0. The van der Waals surface area contributed by atoms with E-state index in [0.717, 1.165) is 19.5 Å². The molecule has 0 spiro atoms. The van der Waals surface area contributed by atoms with Crippen LogP contribution in [0.5, 0.6) is 0 Å². The van der Waals surface area contributed by atoms with Gasteiger partial charge in [-0.05, 0) is 39.2 Å². The summed E-state index contributed by atoms with van der Waals surface area (Å²) in [6.45, 7) is 3.98. The maximum Gasteiger partial charge on any atom is 0.239 e. The van der Waals surface area contributed by atoms with Crippen molar-refractivity contribution in [3.63, 3.8) is 0 Å². The van der Waals surface area contributed by atoms with Crippen molar-refractivity contribution in [2.24, 2.45) is 0 Å². The Morgan fingerprint density at radius 2 is 1.88 bits per heavy atom. The molecule has 16 heavy (non-hydrogen) atoms. The van der Waals surface area contributed by atoms with E-state index in [4.69, 9.17) is 0 Å². The van der Waals surface area contributed by atoms with E-state index < -0.39 is 0 Å². The van der Waals surface area contributed by atoms with Gasteiger partial charge in [-0.3, -0.25) is 4.79 Å². The third-order valence-corrected chi connectivity index (χ3v) is 3.95. The highest BCUT2D eigenvalue weighted by Gasteiger charge is 2.28. The zero-order chi connectivity index (χ0) is 11.4. The summed E-state index contributed by atoms with van der Waals surface area (Å²) in [6, 6.07) is 0.547. The van der Waals surface area contributed by atoms with E-state index in [0.29, 0.717) is 11.9 Å². The van der Waals surface area contributed by atoms with Crippen LogP contribution in [0.25, 0.3) is 0 Å². The van der Waals surface area contributed by atoms with Gasteiger partial charge >= 0.3 is 0 Å². The summed E-state index contributed by atoms with van der Waals surface area (Å²) in [5.74, 6) is 0.326. The first-order valence-electron chi connectivity index (χ1n) is 6.83. The second-order valence-corrected chi connectivity index (χ2v) is 5.21. The number of nitrogens with zero attached hydrogens (tertiary/aromatic N) is 1. The molecule has 0 aromatic heterocycles. The third-order valence-electron chi connectivity index (χ3n) is 3.95. The van der Waals surface area contributed by atoms with Gasteiger partial charge in [-0.15, -0.1) is 0 Å². The molecule has 1 heterocycles. The van der Waals surface area contributed by atoms with Crippen molar-refractivity contribution >= 4 is 5.91 Å². The van der Waals surface area contributed by atoms with E-state index in [1.807, 2.05) is 6.92 Å². The molecule has 2 fully saturated rings. The van der Waals surface area contributed by atoms with Crippen LogP contribution in [0.3, 0.4) is 0 Å². The van der Waals surface area contributed by atoms with E-state index in [9.17, 15) is 4.79 Å². The molecule has 1 aliphatic heterocycles. The summed E-state index contributed by atoms with van der Waals surface area (Å²) in [7, 11) is 0. The van der Waals surface area contributed by atoms with Crippen molar-refractivity contribution in [2.75, 3.05) is 13.1 Å². The second-order valence-electron chi connectivity index (χ2n) is 5.21. The molecule has 1 atom stereocenters. The number of nitrogens with one attached hydrogen (secondary N) is 1. The SMILES string of the molecule is CC1NCCCCN(C2CCCCC2)C1=O. The van der Waals surface area contributed by atoms with Crippen LogP contribution in [0.15, 0.2) is 0 Å². The fraction of sp³-hybridized carbons (Fsp3) is 0.923. The van der Waals surface area contributed by atoms with Crippen LogP contribution < -0.4 is 5.32 Å². The van der Waals surface area contributed by atoms with Crippen molar-refractivity contribution in [2.45, 2.75) is 64.0 Å². The lowest BCUT2D eigenvalue weighted by molar-refractivity contribution is -0.136. The molecule has 1 saturated carbocycles. The molecule has 92 valence electrons. The normalized spacial score (nSPS) is 29.9. The Balaban J connectivity index is 2.00. The van der Waals surface area contributed by atoms with Crippen molar-refractivity contribution in [1.82, 2.24) is 10.2 Å². The monoisotopic (exact) mass is 224 g/mol. The molecule has 1 saturated heterocycles. The Hall–Kier alpha value is -0.570. The maximum atomic E-state index is 12.3. The van der Waals surface area contributed by atoms with E-state index in [2.05, 4.69) is 10.2 Å². The average Bonchev–Trinajstić information content (AvgIpc) is 2.32. The molecular weight excluding hydrogens is 200 g/mol. The average molecular weight is 224 g/mol. The van der Waals surface area contributed by atoms with Crippen molar-refractivity contribution < 1.29 is 4.79 Å². The molecule has 0 bridgehead atoms. The Labute approximate surface area is 98.6 Å². The lowest BCUT2D eigenvalue weighted by Crippen LogP contribution is -2.51. The molecular formula is C13H24N2O. The molecule has 0 radical (unpaired) electrons. The van der Waals surface area contributed by atoms with Gasteiger partial charge in [-0.1, -0.05) is 19.3 Å². The number of carbonyl (C=O) groups excluding carboxylic acids is 1. The van der Waals surface area contributed by atoms with Crippen molar-refractivity contribution in [3.05, 3.63) is 0 Å². The summed E-state index contributed by atoms with van der Waals surface area (Å²) in [4.78, 5) is 14.4. The summed E-state index contributed by atoms with van der Waals surface area (Å²) in [5.41, 5.74) is 0. The van der Waals surface area contributed by atoms with Gasteiger partial charge in [0.25, 0.3) is 0 Å². The minimum absolute atomic E-state index is 0.0160. The third kappa shape index (κ3) is 2.76. The quantitative estimate of drug-likeness (QED) is 0.738. The topological polar surface area (TPSA) is 32.3 Å². The summed E-state index contributed by atoms with van der Waals surface area (Å²) in [5, 5.41) is 3.31. The molecule has 0 aromatic rings. The molecule has 2 aliphatic rings. The molecule has 1 unspecified atom stereocenters. The van der Waals surface area contributed by atoms with Gasteiger partial charge in [0.15, 0.2) is 0 Å². The van der Waals surface area contributed by atoms with Gasteiger partial charge < -0.3 is 10.2 Å². The van der Waals surface area contributed by atoms with Gasteiger partial charge in [0.05, 0.1) is 6.04 Å². The lowest BCUT2D eigenvalue weighted by atomic mass is 9.93. The first-order chi connectivity index (χ1) is 7.79. The smallest absolute Gasteiger partial charge is 0.239 e. The molecule has 1 N–H and O–H groups in total. The number of hydrogen-bond acceptors (Lipinski definition) is 2. The zero-order valence-electron chi connectivity index (χ0n) is 10.4. The van der Waals surface area contributed by atoms with Crippen LogP contribution in [0.4, 0.5) is 0 Å². The molecule has 3 nitrogen and oxygen atoms in total. The number of hydrogen-bond donors (Lipinski definition) is 1. The Morgan fingerprint density at radius 1 is 1.12 bits per heavy atom. The predicted octanol–water partition coefficient (Wildman–Crippen LogP) is 1.92. The first-order valence-corrected chi connectivity index (χ1v) is 6.83. The maximum absolute atomic E-state index is 12.3. The van der Waals surface area contributed by atoms with Crippen LogP contribution in [-0.4, -0.2) is 36.0 Å². The van der Waals surface area contributed by atoms with Crippen LogP contribution in [-0.2, 0) is 4.79 Å². The van der Waals surface area contributed by atoms with Gasteiger partial charge in [0.2, 0.25) is 5.91 Å². The highest BCUT2D eigenvalue weighted by molar-refractivity contribution is 5.81. The molecule has 1 amide bonds. The molecule has 2 rings (SSSR count). The summed E-state index contributed by atoms with van der Waals surface area (Å²) < 4.78 is 0. The predicted molar refractivity (Wildman–Crippen MR) is 65.3 cm³/mol. The first kappa shape index (κ1) is 11.9. The van der Waals surface area contributed by atoms with Gasteiger partial charge in [-0.25, -0.2) is 0 Å².